The molecular formula is C27H23FN2O3. The van der Waals surface area contributed by atoms with Crippen LogP contribution in [0.25, 0.3) is 10.8 Å². The first-order valence-electron chi connectivity index (χ1n) is 10.5. The van der Waals surface area contributed by atoms with Crippen molar-refractivity contribution in [3.05, 3.63) is 107 Å². The van der Waals surface area contributed by atoms with E-state index in [-0.39, 0.29) is 24.9 Å². The number of rotatable bonds is 8. The van der Waals surface area contributed by atoms with E-state index < -0.39 is 0 Å². The standard InChI is InChI=1S/C27H23FN2O3/c1-19-5-4-7-23(15-19)32-18-27(31)30-29-16-25-24-8-3-2-6-21(24)11-14-26(25)33-17-20-9-12-22(28)13-10-20/h2-16H,17-18H2,1H3,(H,30,31)/b29-16-. The van der Waals surface area contributed by atoms with E-state index in [1.165, 1.54) is 12.1 Å². The number of halogens is 1. The zero-order chi connectivity index (χ0) is 23.0. The normalized spacial score (nSPS) is 11.0. The molecule has 4 aromatic carbocycles. The Morgan fingerprint density at radius 3 is 2.61 bits per heavy atom. The van der Waals surface area contributed by atoms with Crippen molar-refractivity contribution in [3.8, 4) is 11.5 Å². The molecule has 0 bridgehead atoms. The van der Waals surface area contributed by atoms with Crippen LogP contribution in [-0.4, -0.2) is 18.7 Å². The largest absolute Gasteiger partial charge is 0.488 e. The summed E-state index contributed by atoms with van der Waals surface area (Å²) in [5.74, 6) is 0.563. The third-order valence-electron chi connectivity index (χ3n) is 4.98. The number of nitrogens with one attached hydrogen (secondary N) is 1. The van der Waals surface area contributed by atoms with Crippen molar-refractivity contribution < 1.29 is 18.7 Å². The van der Waals surface area contributed by atoms with E-state index in [2.05, 4.69) is 10.5 Å². The molecular weight excluding hydrogens is 419 g/mol. The molecule has 0 aliphatic heterocycles. The van der Waals surface area contributed by atoms with Crippen molar-refractivity contribution in [2.45, 2.75) is 13.5 Å². The molecule has 1 amide bonds. The van der Waals surface area contributed by atoms with Crippen LogP contribution in [0.3, 0.4) is 0 Å². The average Bonchev–Trinajstić information content (AvgIpc) is 2.83. The van der Waals surface area contributed by atoms with Crippen LogP contribution in [0.2, 0.25) is 0 Å². The molecule has 5 nitrogen and oxygen atoms in total. The smallest absolute Gasteiger partial charge is 0.277 e. The minimum Gasteiger partial charge on any atom is -0.488 e. The molecule has 4 rings (SSSR count). The summed E-state index contributed by atoms with van der Waals surface area (Å²) in [5.41, 5.74) is 5.12. The molecule has 0 spiro atoms. The van der Waals surface area contributed by atoms with Gasteiger partial charge in [-0.15, -0.1) is 0 Å². The van der Waals surface area contributed by atoms with Gasteiger partial charge in [-0.2, -0.15) is 5.10 Å². The van der Waals surface area contributed by atoms with E-state index >= 15 is 0 Å². The number of hydrazone groups is 1. The van der Waals surface area contributed by atoms with Gasteiger partial charge >= 0.3 is 0 Å². The second-order valence-corrected chi connectivity index (χ2v) is 7.51. The summed E-state index contributed by atoms with van der Waals surface area (Å²) in [7, 11) is 0. The highest BCUT2D eigenvalue weighted by Crippen LogP contribution is 2.27. The van der Waals surface area contributed by atoms with E-state index in [0.717, 1.165) is 27.5 Å². The van der Waals surface area contributed by atoms with Gasteiger partial charge in [0.15, 0.2) is 6.61 Å². The molecule has 0 atom stereocenters. The molecule has 0 radical (unpaired) electrons. The quantitative estimate of drug-likeness (QED) is 0.294. The fourth-order valence-electron chi connectivity index (χ4n) is 3.33. The van der Waals surface area contributed by atoms with Crippen LogP contribution in [0, 0.1) is 12.7 Å². The third-order valence-corrected chi connectivity index (χ3v) is 4.98. The Morgan fingerprint density at radius 1 is 0.970 bits per heavy atom. The molecule has 0 saturated carbocycles. The minimum absolute atomic E-state index is 0.149. The van der Waals surface area contributed by atoms with Crippen molar-refractivity contribution in [2.24, 2.45) is 5.10 Å². The Kier molecular flexibility index (Phi) is 6.95. The minimum atomic E-state index is -0.373. The van der Waals surface area contributed by atoms with Crippen LogP contribution in [0.1, 0.15) is 16.7 Å². The van der Waals surface area contributed by atoms with Crippen LogP contribution in [-0.2, 0) is 11.4 Å². The monoisotopic (exact) mass is 442 g/mol. The average molecular weight is 442 g/mol. The molecule has 0 aromatic heterocycles. The Balaban J connectivity index is 1.46. The van der Waals surface area contributed by atoms with Gasteiger partial charge in [0.05, 0.1) is 6.21 Å². The summed E-state index contributed by atoms with van der Waals surface area (Å²) in [5, 5.41) is 6.06. The highest BCUT2D eigenvalue weighted by atomic mass is 19.1. The van der Waals surface area contributed by atoms with E-state index in [4.69, 9.17) is 9.47 Å². The SMILES string of the molecule is Cc1cccc(OCC(=O)N/N=C\c2c(OCc3ccc(F)cc3)ccc3ccccc23)c1. The Bertz CT molecular complexity index is 1290. The molecule has 166 valence electrons. The number of nitrogens with zero attached hydrogens (tertiary/aromatic N) is 1. The first-order valence-corrected chi connectivity index (χ1v) is 10.5. The highest BCUT2D eigenvalue weighted by molar-refractivity contribution is 6.02. The number of amides is 1. The predicted octanol–water partition coefficient (Wildman–Crippen LogP) is 5.40. The maximum Gasteiger partial charge on any atom is 0.277 e. The van der Waals surface area contributed by atoms with Gasteiger partial charge in [-0.25, -0.2) is 9.82 Å². The number of aryl methyl sites for hydroxylation is 1. The number of ether oxygens (including phenoxy) is 2. The molecule has 0 saturated heterocycles. The van der Waals surface area contributed by atoms with E-state index in [1.807, 2.05) is 61.5 Å². The van der Waals surface area contributed by atoms with Gasteiger partial charge in [-0.05, 0) is 59.2 Å². The van der Waals surface area contributed by atoms with Gasteiger partial charge in [0.2, 0.25) is 0 Å². The zero-order valence-electron chi connectivity index (χ0n) is 18.1. The summed E-state index contributed by atoms with van der Waals surface area (Å²) >= 11 is 0. The topological polar surface area (TPSA) is 59.9 Å². The summed E-state index contributed by atoms with van der Waals surface area (Å²) in [6.45, 7) is 2.08. The number of fused-ring (bicyclic) bond motifs is 1. The highest BCUT2D eigenvalue weighted by Gasteiger charge is 2.09. The summed E-state index contributed by atoms with van der Waals surface area (Å²) in [6.07, 6.45) is 1.56. The van der Waals surface area contributed by atoms with Crippen molar-refractivity contribution in [2.75, 3.05) is 6.61 Å². The summed E-state index contributed by atoms with van der Waals surface area (Å²) < 4.78 is 24.7. The van der Waals surface area contributed by atoms with Crippen LogP contribution in [0.5, 0.6) is 11.5 Å². The number of carbonyl (C=O) groups is 1. The van der Waals surface area contributed by atoms with E-state index in [9.17, 15) is 9.18 Å². The zero-order valence-corrected chi connectivity index (χ0v) is 18.1. The Hall–Kier alpha value is -4.19. The lowest BCUT2D eigenvalue weighted by Crippen LogP contribution is -2.24. The van der Waals surface area contributed by atoms with Crippen LogP contribution < -0.4 is 14.9 Å². The second kappa shape index (κ2) is 10.4. The first-order chi connectivity index (χ1) is 16.1. The molecule has 6 heteroatoms. The van der Waals surface area contributed by atoms with Crippen molar-refractivity contribution in [3.63, 3.8) is 0 Å². The van der Waals surface area contributed by atoms with Crippen molar-refractivity contribution >= 4 is 22.9 Å². The summed E-state index contributed by atoms with van der Waals surface area (Å²) in [4.78, 5) is 12.2. The maximum absolute atomic E-state index is 13.2. The van der Waals surface area contributed by atoms with Crippen molar-refractivity contribution in [1.82, 2.24) is 5.43 Å². The maximum atomic E-state index is 13.2. The molecule has 0 heterocycles. The van der Waals surface area contributed by atoms with E-state index in [0.29, 0.717) is 11.5 Å². The lowest BCUT2D eigenvalue weighted by molar-refractivity contribution is -0.123. The van der Waals surface area contributed by atoms with Gasteiger partial charge in [0.25, 0.3) is 5.91 Å². The van der Waals surface area contributed by atoms with Crippen LogP contribution in [0.15, 0.2) is 90.0 Å². The number of hydrogen-bond donors (Lipinski definition) is 1. The molecule has 1 N–H and O–H groups in total. The second-order valence-electron chi connectivity index (χ2n) is 7.51. The first kappa shape index (κ1) is 22.0. The number of hydrogen-bond acceptors (Lipinski definition) is 4. The fraction of sp³-hybridized carbons (Fsp3) is 0.111. The van der Waals surface area contributed by atoms with Gasteiger partial charge in [0, 0.05) is 5.56 Å². The van der Waals surface area contributed by atoms with Crippen molar-refractivity contribution in [1.29, 1.82) is 0 Å². The molecule has 4 aromatic rings. The lowest BCUT2D eigenvalue weighted by atomic mass is 10.0. The molecule has 0 fully saturated rings. The number of benzene rings is 4. The van der Waals surface area contributed by atoms with Gasteiger partial charge in [-0.3, -0.25) is 4.79 Å². The molecule has 33 heavy (non-hydrogen) atoms. The van der Waals surface area contributed by atoms with Crippen LogP contribution in [0.4, 0.5) is 4.39 Å². The molecule has 0 unspecified atom stereocenters. The number of carbonyl (C=O) groups excluding carboxylic acids is 1. The molecule has 0 aliphatic rings. The molecule has 0 aliphatic carbocycles. The fourth-order valence-corrected chi connectivity index (χ4v) is 3.33. The summed E-state index contributed by atoms with van der Waals surface area (Å²) in [6, 6.07) is 25.3. The van der Waals surface area contributed by atoms with Gasteiger partial charge in [0.1, 0.15) is 23.9 Å². The van der Waals surface area contributed by atoms with Gasteiger partial charge < -0.3 is 9.47 Å². The third kappa shape index (κ3) is 5.95. The Labute approximate surface area is 191 Å². The van der Waals surface area contributed by atoms with Crippen LogP contribution >= 0.6 is 0 Å². The lowest BCUT2D eigenvalue weighted by Gasteiger charge is -2.12. The predicted molar refractivity (Wildman–Crippen MR) is 127 cm³/mol. The van der Waals surface area contributed by atoms with Gasteiger partial charge in [-0.1, -0.05) is 54.6 Å². The Morgan fingerprint density at radius 2 is 1.79 bits per heavy atom. The van der Waals surface area contributed by atoms with E-state index in [1.54, 1.807) is 24.4 Å².